The summed E-state index contributed by atoms with van der Waals surface area (Å²) < 4.78 is 5.73. The van der Waals surface area contributed by atoms with Gasteiger partial charge < -0.3 is 9.64 Å². The van der Waals surface area contributed by atoms with Crippen molar-refractivity contribution in [2.45, 2.75) is 0 Å². The van der Waals surface area contributed by atoms with E-state index in [0.29, 0.717) is 34.6 Å². The second-order valence-corrected chi connectivity index (χ2v) is 5.53. The molecule has 24 heavy (non-hydrogen) atoms. The summed E-state index contributed by atoms with van der Waals surface area (Å²) in [6.45, 7) is 1.20. The normalized spacial score (nSPS) is 12.0. The first kappa shape index (κ1) is 20.2. The Kier molecular flexibility index (Phi) is 6.96. The van der Waals surface area contributed by atoms with E-state index in [4.69, 9.17) is 4.74 Å². The van der Waals surface area contributed by atoms with Gasteiger partial charge in [-0.1, -0.05) is 36.4 Å². The van der Waals surface area contributed by atoms with Crippen molar-refractivity contribution in [3.05, 3.63) is 64.7 Å². The average molecular weight is 368 g/mol. The monoisotopic (exact) mass is 367 g/mol. The van der Waals surface area contributed by atoms with E-state index in [-0.39, 0.29) is 36.4 Å². The van der Waals surface area contributed by atoms with E-state index >= 15 is 0 Å². The average Bonchev–Trinajstić information content (AvgIpc) is 2.52. The van der Waals surface area contributed by atoms with Gasteiger partial charge in [0.2, 0.25) is 0 Å². The number of likely N-dealkylation sites (N-methyl/N-ethyl adjacent to an activating group) is 1. The predicted octanol–water partition coefficient (Wildman–Crippen LogP) is 3.25. The molecule has 6 heteroatoms. The van der Waals surface area contributed by atoms with Crippen LogP contribution in [0, 0.1) is 0 Å². The number of ether oxygens (including phenoxy) is 1. The molecule has 128 valence electrons. The minimum Gasteiger partial charge on any atom is -0.491 e. The third kappa shape index (κ3) is 3.61. The lowest BCUT2D eigenvalue weighted by Crippen LogP contribution is -2.23. The molecule has 0 aliphatic heterocycles. The maximum absolute atomic E-state index is 12.7. The molecule has 0 unspecified atom stereocenters. The van der Waals surface area contributed by atoms with Crippen LogP contribution in [-0.4, -0.2) is 43.7 Å². The van der Waals surface area contributed by atoms with Gasteiger partial charge in [0, 0.05) is 23.2 Å². The molecule has 0 atom stereocenters. The van der Waals surface area contributed by atoms with Crippen LogP contribution in [0.25, 0.3) is 0 Å². The van der Waals surface area contributed by atoms with E-state index in [2.05, 4.69) is 0 Å². The molecule has 0 saturated heterocycles. The van der Waals surface area contributed by atoms with Gasteiger partial charge in [-0.15, -0.1) is 24.8 Å². The number of nitrogens with zero attached hydrogens (tertiary/aromatic N) is 1. The summed E-state index contributed by atoms with van der Waals surface area (Å²) >= 11 is 0. The molecule has 0 fully saturated rings. The summed E-state index contributed by atoms with van der Waals surface area (Å²) in [5.74, 6) is 0.209. The van der Waals surface area contributed by atoms with Crippen LogP contribution in [0.3, 0.4) is 0 Å². The summed E-state index contributed by atoms with van der Waals surface area (Å²) in [5.41, 5.74) is 1.71. The maximum Gasteiger partial charge on any atom is 0.198 e. The molecule has 3 rings (SSSR count). The van der Waals surface area contributed by atoms with Crippen LogP contribution in [0.5, 0.6) is 5.75 Å². The zero-order valence-corrected chi connectivity index (χ0v) is 15.1. The molecule has 1 aliphatic rings. The zero-order chi connectivity index (χ0) is 15.7. The molecule has 0 amide bonds. The molecule has 0 saturated carbocycles. The van der Waals surface area contributed by atoms with Crippen molar-refractivity contribution in [2.24, 2.45) is 0 Å². The lowest BCUT2D eigenvalue weighted by Gasteiger charge is -2.20. The Morgan fingerprint density at radius 1 is 0.833 bits per heavy atom. The Morgan fingerprint density at radius 3 is 2.04 bits per heavy atom. The lowest BCUT2D eigenvalue weighted by molar-refractivity contribution is 0.0975. The Balaban J connectivity index is 0.00000144. The minimum absolute atomic E-state index is 0. The van der Waals surface area contributed by atoms with E-state index in [1.165, 1.54) is 0 Å². The van der Waals surface area contributed by atoms with Gasteiger partial charge in [0.25, 0.3) is 0 Å². The SMILES string of the molecule is CN(C)CCOc1cccc2c1C(=O)c1ccccc1C2=O.Cl.Cl. The number of hydrogen-bond acceptors (Lipinski definition) is 4. The molecular weight excluding hydrogens is 349 g/mol. The fourth-order valence-corrected chi connectivity index (χ4v) is 2.57. The number of rotatable bonds is 4. The summed E-state index contributed by atoms with van der Waals surface area (Å²) in [5, 5.41) is 0. The molecule has 2 aromatic rings. The fourth-order valence-electron chi connectivity index (χ4n) is 2.57. The molecule has 0 N–H and O–H groups in total. The van der Waals surface area contributed by atoms with E-state index in [9.17, 15) is 9.59 Å². The van der Waals surface area contributed by atoms with E-state index in [0.717, 1.165) is 6.54 Å². The summed E-state index contributed by atoms with van der Waals surface area (Å²) in [6.07, 6.45) is 0. The van der Waals surface area contributed by atoms with Crippen molar-refractivity contribution in [1.29, 1.82) is 0 Å². The standard InChI is InChI=1S/C18H17NO3.2ClH/c1-19(2)10-11-22-15-9-5-8-14-16(15)18(21)13-7-4-3-6-12(13)17(14)20;;/h3-9H,10-11H2,1-2H3;2*1H. The number of carbonyl (C=O) groups excluding carboxylic acids is 2. The largest absolute Gasteiger partial charge is 0.491 e. The molecule has 1 aliphatic carbocycles. The first-order chi connectivity index (χ1) is 10.6. The van der Waals surface area contributed by atoms with Crippen LogP contribution in [0.2, 0.25) is 0 Å². The summed E-state index contributed by atoms with van der Waals surface area (Å²) in [7, 11) is 3.91. The Morgan fingerprint density at radius 2 is 1.42 bits per heavy atom. The molecule has 2 aromatic carbocycles. The van der Waals surface area contributed by atoms with Crippen LogP contribution >= 0.6 is 24.8 Å². The molecule has 4 nitrogen and oxygen atoms in total. The number of halogens is 2. The van der Waals surface area contributed by atoms with Crippen LogP contribution in [0.4, 0.5) is 0 Å². The van der Waals surface area contributed by atoms with Crippen LogP contribution in [0.1, 0.15) is 31.8 Å². The fraction of sp³-hybridized carbons (Fsp3) is 0.222. The van der Waals surface area contributed by atoms with Crippen molar-refractivity contribution in [3.8, 4) is 5.75 Å². The highest BCUT2D eigenvalue weighted by molar-refractivity contribution is 6.29. The maximum atomic E-state index is 12.7. The van der Waals surface area contributed by atoms with Crippen molar-refractivity contribution in [3.63, 3.8) is 0 Å². The lowest BCUT2D eigenvalue weighted by atomic mass is 9.83. The van der Waals surface area contributed by atoms with Gasteiger partial charge in [0.05, 0.1) is 5.56 Å². The van der Waals surface area contributed by atoms with Crippen LogP contribution in [0.15, 0.2) is 42.5 Å². The van der Waals surface area contributed by atoms with Crippen molar-refractivity contribution in [1.82, 2.24) is 4.90 Å². The second-order valence-electron chi connectivity index (χ2n) is 5.53. The van der Waals surface area contributed by atoms with Crippen LogP contribution in [-0.2, 0) is 0 Å². The summed E-state index contributed by atoms with van der Waals surface area (Å²) in [4.78, 5) is 27.3. The van der Waals surface area contributed by atoms with Gasteiger partial charge in [-0.3, -0.25) is 9.59 Å². The Bertz CT molecular complexity index is 760. The van der Waals surface area contributed by atoms with E-state index in [1.807, 2.05) is 19.0 Å². The third-order valence-corrected chi connectivity index (χ3v) is 3.71. The highest BCUT2D eigenvalue weighted by Gasteiger charge is 2.31. The molecule has 0 aromatic heterocycles. The third-order valence-electron chi connectivity index (χ3n) is 3.71. The summed E-state index contributed by atoms with van der Waals surface area (Å²) in [6, 6.07) is 12.1. The van der Waals surface area contributed by atoms with Gasteiger partial charge in [-0.25, -0.2) is 0 Å². The minimum atomic E-state index is -0.148. The number of hydrogen-bond donors (Lipinski definition) is 0. The highest BCUT2D eigenvalue weighted by atomic mass is 35.5. The Labute approximate surface area is 153 Å². The predicted molar refractivity (Wildman–Crippen MR) is 98.3 cm³/mol. The van der Waals surface area contributed by atoms with E-state index in [1.54, 1.807) is 42.5 Å². The van der Waals surface area contributed by atoms with Gasteiger partial charge in [0.15, 0.2) is 11.6 Å². The van der Waals surface area contributed by atoms with Crippen molar-refractivity contribution in [2.75, 3.05) is 27.2 Å². The molecule has 0 radical (unpaired) electrons. The first-order valence-corrected chi connectivity index (χ1v) is 7.18. The second kappa shape index (κ2) is 8.29. The first-order valence-electron chi connectivity index (χ1n) is 7.18. The number of ketones is 2. The van der Waals surface area contributed by atoms with Gasteiger partial charge in [0.1, 0.15) is 12.4 Å². The molecule has 0 bridgehead atoms. The van der Waals surface area contributed by atoms with Crippen molar-refractivity contribution >= 4 is 36.4 Å². The highest BCUT2D eigenvalue weighted by Crippen LogP contribution is 2.33. The number of carbonyl (C=O) groups is 2. The van der Waals surface area contributed by atoms with Crippen molar-refractivity contribution < 1.29 is 14.3 Å². The quantitative estimate of drug-likeness (QED) is 0.709. The smallest absolute Gasteiger partial charge is 0.198 e. The molecule has 0 spiro atoms. The number of fused-ring (bicyclic) bond motifs is 2. The number of benzene rings is 2. The Hall–Kier alpha value is -1.88. The van der Waals surface area contributed by atoms with Crippen LogP contribution < -0.4 is 4.74 Å². The molecular formula is C18H19Cl2NO3. The molecule has 0 heterocycles. The van der Waals surface area contributed by atoms with Gasteiger partial charge in [-0.2, -0.15) is 0 Å². The van der Waals surface area contributed by atoms with Gasteiger partial charge in [-0.05, 0) is 20.2 Å². The zero-order valence-electron chi connectivity index (χ0n) is 13.4. The van der Waals surface area contributed by atoms with E-state index < -0.39 is 0 Å². The van der Waals surface area contributed by atoms with Gasteiger partial charge >= 0.3 is 0 Å². The topological polar surface area (TPSA) is 46.6 Å².